The topological polar surface area (TPSA) is 16.1 Å². The van der Waals surface area contributed by atoms with Gasteiger partial charge in [0.2, 0.25) is 0 Å². The number of nitrogens with zero attached hydrogens (tertiary/aromatic N) is 2. The maximum atomic E-state index is 4.20. The summed E-state index contributed by atoms with van der Waals surface area (Å²) in [5.41, 5.74) is 2.59. The summed E-state index contributed by atoms with van der Waals surface area (Å²) in [6, 6.07) is 8.92. The van der Waals surface area contributed by atoms with Crippen molar-refractivity contribution in [2.75, 3.05) is 18.0 Å². The SMILES string of the molecule is CC1(C)CCC2(CCN(c3ccc4cnccc4c3)CC2)C1. The van der Waals surface area contributed by atoms with Crippen molar-refractivity contribution < 1.29 is 0 Å². The summed E-state index contributed by atoms with van der Waals surface area (Å²) < 4.78 is 0. The lowest BCUT2D eigenvalue weighted by Crippen LogP contribution is -2.39. The van der Waals surface area contributed by atoms with Crippen LogP contribution in [0.5, 0.6) is 0 Å². The van der Waals surface area contributed by atoms with Crippen LogP contribution in [0.25, 0.3) is 10.8 Å². The molecule has 2 nitrogen and oxygen atoms in total. The molecule has 1 spiro atoms. The van der Waals surface area contributed by atoms with E-state index in [-0.39, 0.29) is 0 Å². The van der Waals surface area contributed by atoms with E-state index >= 15 is 0 Å². The molecule has 1 aliphatic carbocycles. The maximum absolute atomic E-state index is 4.20. The Morgan fingerprint density at radius 1 is 0.955 bits per heavy atom. The van der Waals surface area contributed by atoms with Crippen LogP contribution in [-0.2, 0) is 0 Å². The van der Waals surface area contributed by atoms with E-state index in [9.17, 15) is 0 Å². The lowest BCUT2D eigenvalue weighted by atomic mass is 9.74. The summed E-state index contributed by atoms with van der Waals surface area (Å²) in [6.45, 7) is 7.33. The molecular formula is C20H26N2. The third-order valence-electron chi connectivity index (χ3n) is 6.00. The zero-order chi connectivity index (χ0) is 15.2. The highest BCUT2D eigenvalue weighted by Gasteiger charge is 2.44. The third-order valence-corrected chi connectivity index (χ3v) is 6.00. The Morgan fingerprint density at radius 3 is 2.50 bits per heavy atom. The molecule has 2 heterocycles. The molecule has 1 aromatic carbocycles. The molecule has 0 radical (unpaired) electrons. The van der Waals surface area contributed by atoms with Gasteiger partial charge in [0.05, 0.1) is 0 Å². The van der Waals surface area contributed by atoms with Gasteiger partial charge in [-0.3, -0.25) is 4.98 Å². The molecule has 2 aromatic rings. The summed E-state index contributed by atoms with van der Waals surface area (Å²) >= 11 is 0. The van der Waals surface area contributed by atoms with Crippen LogP contribution in [0.4, 0.5) is 5.69 Å². The minimum absolute atomic E-state index is 0.568. The van der Waals surface area contributed by atoms with Gasteiger partial charge in [0.15, 0.2) is 0 Å². The van der Waals surface area contributed by atoms with E-state index in [0.717, 1.165) is 0 Å². The molecule has 1 aliphatic heterocycles. The van der Waals surface area contributed by atoms with Crippen molar-refractivity contribution in [2.24, 2.45) is 10.8 Å². The Hall–Kier alpha value is -1.57. The molecule has 2 heteroatoms. The molecule has 0 amide bonds. The number of fused-ring (bicyclic) bond motifs is 1. The van der Waals surface area contributed by atoms with Gasteiger partial charge in [-0.2, -0.15) is 0 Å². The molecular weight excluding hydrogens is 268 g/mol. The van der Waals surface area contributed by atoms with Gasteiger partial charge >= 0.3 is 0 Å². The monoisotopic (exact) mass is 294 g/mol. The summed E-state index contributed by atoms with van der Waals surface area (Å²) in [6.07, 6.45) is 10.9. The molecule has 4 rings (SSSR count). The third kappa shape index (κ3) is 2.49. The Morgan fingerprint density at radius 2 is 1.77 bits per heavy atom. The predicted octanol–water partition coefficient (Wildman–Crippen LogP) is 5.03. The smallest absolute Gasteiger partial charge is 0.0372 e. The molecule has 0 unspecified atom stereocenters. The average molecular weight is 294 g/mol. The normalized spacial score (nSPS) is 23.3. The van der Waals surface area contributed by atoms with Crippen LogP contribution in [-0.4, -0.2) is 18.1 Å². The average Bonchev–Trinajstić information content (AvgIpc) is 2.82. The minimum atomic E-state index is 0.568. The number of aromatic nitrogens is 1. The maximum Gasteiger partial charge on any atom is 0.0372 e. The van der Waals surface area contributed by atoms with Crippen molar-refractivity contribution in [3.8, 4) is 0 Å². The summed E-state index contributed by atoms with van der Waals surface area (Å²) in [7, 11) is 0. The van der Waals surface area contributed by atoms with Gasteiger partial charge in [-0.1, -0.05) is 19.9 Å². The first kappa shape index (κ1) is 14.0. The van der Waals surface area contributed by atoms with Crippen LogP contribution in [0.3, 0.4) is 0 Å². The largest absolute Gasteiger partial charge is 0.371 e. The number of benzene rings is 1. The van der Waals surface area contributed by atoms with Gasteiger partial charge < -0.3 is 4.90 Å². The van der Waals surface area contributed by atoms with Gasteiger partial charge in [0.1, 0.15) is 0 Å². The van der Waals surface area contributed by atoms with Gasteiger partial charge in [-0.05, 0) is 66.5 Å². The fraction of sp³-hybridized carbons (Fsp3) is 0.550. The van der Waals surface area contributed by atoms with Crippen molar-refractivity contribution in [3.05, 3.63) is 36.7 Å². The molecule has 116 valence electrons. The Balaban J connectivity index is 1.51. The fourth-order valence-corrected chi connectivity index (χ4v) is 4.73. The zero-order valence-corrected chi connectivity index (χ0v) is 13.8. The molecule has 1 aromatic heterocycles. The van der Waals surface area contributed by atoms with E-state index in [4.69, 9.17) is 0 Å². The van der Waals surface area contributed by atoms with Crippen LogP contribution in [0.15, 0.2) is 36.7 Å². The summed E-state index contributed by atoms with van der Waals surface area (Å²) in [5.74, 6) is 0. The molecule has 1 saturated heterocycles. The van der Waals surface area contributed by atoms with Crippen molar-refractivity contribution in [3.63, 3.8) is 0 Å². The van der Waals surface area contributed by atoms with Crippen LogP contribution in [0.2, 0.25) is 0 Å². The Kier molecular flexibility index (Phi) is 3.18. The highest BCUT2D eigenvalue weighted by Crippen LogP contribution is 2.54. The first-order valence-corrected chi connectivity index (χ1v) is 8.64. The quantitative estimate of drug-likeness (QED) is 0.733. The van der Waals surface area contributed by atoms with E-state index in [1.807, 2.05) is 12.4 Å². The standard InChI is InChI=1S/C20H26N2/c1-19(2)6-7-20(15-19)8-11-22(12-9-20)18-4-3-17-14-21-10-5-16(17)13-18/h3-5,10,13-14H,6-9,11-12,15H2,1-2H3. The number of pyridine rings is 1. The second-order valence-electron chi connectivity index (χ2n) is 8.24. The van der Waals surface area contributed by atoms with Crippen molar-refractivity contribution in [1.29, 1.82) is 0 Å². The zero-order valence-electron chi connectivity index (χ0n) is 13.8. The second kappa shape index (κ2) is 4.97. The van der Waals surface area contributed by atoms with Crippen molar-refractivity contribution in [2.45, 2.75) is 46.0 Å². The van der Waals surface area contributed by atoms with Crippen molar-refractivity contribution in [1.82, 2.24) is 4.98 Å². The first-order chi connectivity index (χ1) is 10.6. The number of hydrogen-bond acceptors (Lipinski definition) is 2. The van der Waals surface area contributed by atoms with Crippen LogP contribution in [0.1, 0.15) is 46.0 Å². The number of piperidine rings is 1. The Bertz CT molecular complexity index is 681. The number of anilines is 1. The van der Waals surface area contributed by atoms with Crippen molar-refractivity contribution >= 4 is 16.5 Å². The molecule has 0 N–H and O–H groups in total. The van der Waals surface area contributed by atoms with E-state index in [1.54, 1.807) is 0 Å². The lowest BCUT2D eigenvalue weighted by Gasteiger charge is -2.41. The summed E-state index contributed by atoms with van der Waals surface area (Å²) in [4.78, 5) is 6.78. The molecule has 22 heavy (non-hydrogen) atoms. The van der Waals surface area contributed by atoms with Gasteiger partial charge in [-0.15, -0.1) is 0 Å². The molecule has 2 aliphatic rings. The summed E-state index contributed by atoms with van der Waals surface area (Å²) in [5, 5.41) is 2.53. The molecule has 0 atom stereocenters. The highest BCUT2D eigenvalue weighted by molar-refractivity contribution is 5.85. The Labute approximate surface area is 133 Å². The fourth-order valence-electron chi connectivity index (χ4n) is 4.73. The highest BCUT2D eigenvalue weighted by atomic mass is 15.1. The van der Waals surface area contributed by atoms with E-state index < -0.39 is 0 Å². The van der Waals surface area contributed by atoms with Gasteiger partial charge in [-0.25, -0.2) is 0 Å². The van der Waals surface area contributed by atoms with Crippen LogP contribution >= 0.6 is 0 Å². The second-order valence-corrected chi connectivity index (χ2v) is 8.24. The number of rotatable bonds is 1. The van der Waals surface area contributed by atoms with Gasteiger partial charge in [0, 0.05) is 36.6 Å². The van der Waals surface area contributed by atoms with Crippen LogP contribution < -0.4 is 4.90 Å². The van der Waals surface area contributed by atoms with E-state index in [1.165, 1.54) is 61.7 Å². The number of hydrogen-bond donors (Lipinski definition) is 0. The lowest BCUT2D eigenvalue weighted by molar-refractivity contribution is 0.199. The minimum Gasteiger partial charge on any atom is -0.371 e. The van der Waals surface area contributed by atoms with Gasteiger partial charge in [0.25, 0.3) is 0 Å². The van der Waals surface area contributed by atoms with E-state index in [0.29, 0.717) is 10.8 Å². The molecule has 0 bridgehead atoms. The van der Waals surface area contributed by atoms with E-state index in [2.05, 4.69) is 48.0 Å². The predicted molar refractivity (Wildman–Crippen MR) is 93.3 cm³/mol. The molecule has 1 saturated carbocycles. The molecule has 2 fully saturated rings. The first-order valence-electron chi connectivity index (χ1n) is 8.64. The van der Waals surface area contributed by atoms with Crippen LogP contribution in [0, 0.1) is 10.8 Å².